The van der Waals surface area contributed by atoms with Crippen LogP contribution in [0.4, 0.5) is 17.1 Å². The standard InChI is InChI=1S/C48H65N11O5/c1-47(64)16-3-2-4-19-58-45(63)37-29-49-46(53-42(37)59(58)40-7-5-6-39(47)51-40)50-32-9-12-33(13-10-32)55-22-24-56(25-23-55)35-27-48(28-35)17-20-54(21-18-48)34-11-8-31-30-57(44(62)36(31)26-34)38-14-15-41(60)52-43(38)61/h2,4,8-13,26,35,37-40,42,46,49-51,53,64H,3,5-7,14-25,27-30H2,1H3,(H,52,60,61)/b4-2-/t37?,38?,39?,40?,42?,46?,47-/m1/s1. The van der Waals surface area contributed by atoms with Gasteiger partial charge in [-0.2, -0.15) is 5.01 Å². The summed E-state index contributed by atoms with van der Waals surface area (Å²) < 4.78 is 0. The first-order valence-electron chi connectivity index (χ1n) is 24.1. The summed E-state index contributed by atoms with van der Waals surface area (Å²) in [4.78, 5) is 60.7. The predicted molar refractivity (Wildman–Crippen MR) is 243 cm³/mol. The number of piperazine rings is 1. The van der Waals surface area contributed by atoms with Crippen LogP contribution in [0.5, 0.6) is 0 Å². The quantitative estimate of drug-likeness (QED) is 0.185. The Bertz CT molecular complexity index is 2160. The van der Waals surface area contributed by atoms with Gasteiger partial charge in [0.1, 0.15) is 12.3 Å². The molecule has 64 heavy (non-hydrogen) atoms. The molecule has 16 nitrogen and oxygen atoms in total. The van der Waals surface area contributed by atoms with Gasteiger partial charge in [-0.1, -0.05) is 18.2 Å². The second-order valence-electron chi connectivity index (χ2n) is 20.4. The average molecular weight is 876 g/mol. The summed E-state index contributed by atoms with van der Waals surface area (Å²) in [6.07, 6.45) is 13.6. The molecule has 342 valence electrons. The molecule has 4 amide bonds. The molecule has 1 aliphatic carbocycles. The fraction of sp³-hybridized carbons (Fsp3) is 0.625. The summed E-state index contributed by atoms with van der Waals surface area (Å²) in [6, 6.07) is 15.0. The van der Waals surface area contributed by atoms with Gasteiger partial charge in [0.2, 0.25) is 17.7 Å². The number of aliphatic hydroxyl groups is 1. The average Bonchev–Trinajstić information content (AvgIpc) is 3.76. The Morgan fingerprint density at radius 2 is 1.59 bits per heavy atom. The number of allylic oxidation sites excluding steroid dienone is 1. The van der Waals surface area contributed by atoms with Crippen LogP contribution in [0.25, 0.3) is 0 Å². The number of benzene rings is 2. The number of imide groups is 1. The monoisotopic (exact) mass is 876 g/mol. The van der Waals surface area contributed by atoms with E-state index in [1.54, 1.807) is 4.90 Å². The SMILES string of the molecule is C[C@@]1(O)CC/C=C\CN2C(=O)C3CNC(Nc4ccc(N5CCN(C6CC7(CCN(c8ccc9c(c8)C(=O)N(C8CCC(=O)NC8=O)C9)CC7)C6)CC5)cc4)NC3N2C2CCCC1N2. The lowest BCUT2D eigenvalue weighted by atomic mass is 9.60. The number of nitrogens with one attached hydrogen (secondary N) is 5. The molecule has 7 atom stereocenters. The Kier molecular flexibility index (Phi) is 11.0. The van der Waals surface area contributed by atoms with Crippen LogP contribution in [0.1, 0.15) is 93.5 Å². The third kappa shape index (κ3) is 7.77. The van der Waals surface area contributed by atoms with Crippen LogP contribution in [-0.4, -0.2) is 143 Å². The number of fused-ring (bicyclic) bond motifs is 7. The largest absolute Gasteiger partial charge is 0.389 e. The van der Waals surface area contributed by atoms with Gasteiger partial charge in [0.15, 0.2) is 0 Å². The van der Waals surface area contributed by atoms with E-state index < -0.39 is 11.6 Å². The Morgan fingerprint density at radius 3 is 2.38 bits per heavy atom. The predicted octanol–water partition coefficient (Wildman–Crippen LogP) is 2.48. The molecule has 11 rings (SSSR count). The fourth-order valence-corrected chi connectivity index (χ4v) is 12.6. The van der Waals surface area contributed by atoms with Crippen molar-refractivity contribution in [3.05, 3.63) is 65.7 Å². The smallest absolute Gasteiger partial charge is 0.255 e. The Morgan fingerprint density at radius 1 is 0.828 bits per heavy atom. The third-order valence-electron chi connectivity index (χ3n) is 16.5. The third-order valence-corrected chi connectivity index (χ3v) is 16.5. The molecule has 2 bridgehead atoms. The molecule has 8 aliphatic heterocycles. The van der Waals surface area contributed by atoms with Crippen molar-refractivity contribution in [2.45, 2.75) is 126 Å². The first kappa shape index (κ1) is 42.1. The minimum absolute atomic E-state index is 0.0179. The van der Waals surface area contributed by atoms with E-state index in [-0.39, 0.29) is 60.6 Å². The molecule has 1 spiro atoms. The maximum absolute atomic E-state index is 13.8. The number of carbonyl (C=O) groups excluding carboxylic acids is 4. The second kappa shape index (κ2) is 16.7. The summed E-state index contributed by atoms with van der Waals surface area (Å²) in [6.45, 7) is 9.62. The number of hydrogen-bond donors (Lipinski definition) is 6. The first-order valence-corrected chi connectivity index (χ1v) is 24.1. The van der Waals surface area contributed by atoms with E-state index in [1.165, 1.54) is 31.4 Å². The number of nitrogens with zero attached hydrogens (tertiary/aromatic N) is 6. The van der Waals surface area contributed by atoms with Crippen molar-refractivity contribution in [3.63, 3.8) is 0 Å². The summed E-state index contributed by atoms with van der Waals surface area (Å²) in [7, 11) is 0. The lowest BCUT2D eigenvalue weighted by Crippen LogP contribution is -2.69. The van der Waals surface area contributed by atoms with Gasteiger partial charge < -0.3 is 25.1 Å². The van der Waals surface area contributed by atoms with Crippen molar-refractivity contribution in [3.8, 4) is 0 Å². The molecule has 6 saturated heterocycles. The van der Waals surface area contributed by atoms with E-state index >= 15 is 0 Å². The van der Waals surface area contributed by atoms with Crippen LogP contribution >= 0.6 is 0 Å². The molecule has 9 aliphatic rings. The number of carbonyl (C=O) groups is 4. The first-order chi connectivity index (χ1) is 31.0. The van der Waals surface area contributed by atoms with Crippen LogP contribution in [0, 0.1) is 11.3 Å². The van der Waals surface area contributed by atoms with Gasteiger partial charge in [-0.3, -0.25) is 50.4 Å². The Labute approximate surface area is 376 Å². The summed E-state index contributed by atoms with van der Waals surface area (Å²) in [5.41, 5.74) is 4.58. The van der Waals surface area contributed by atoms with Crippen molar-refractivity contribution in [2.75, 3.05) is 67.5 Å². The lowest BCUT2D eigenvalue weighted by molar-refractivity contribution is -0.146. The molecule has 6 unspecified atom stereocenters. The molecule has 16 heteroatoms. The normalized spacial score (nSPS) is 34.2. The second-order valence-corrected chi connectivity index (χ2v) is 20.4. The van der Waals surface area contributed by atoms with Gasteiger partial charge >= 0.3 is 0 Å². The number of rotatable bonds is 6. The van der Waals surface area contributed by atoms with Gasteiger partial charge in [0.25, 0.3) is 5.91 Å². The van der Waals surface area contributed by atoms with E-state index in [2.05, 4.69) is 88.8 Å². The molecule has 8 heterocycles. The number of anilines is 3. The van der Waals surface area contributed by atoms with E-state index in [1.807, 2.05) is 24.1 Å². The molecule has 1 saturated carbocycles. The number of hydrogen-bond acceptors (Lipinski definition) is 13. The highest BCUT2D eigenvalue weighted by Gasteiger charge is 2.53. The van der Waals surface area contributed by atoms with Crippen LogP contribution in [-0.2, 0) is 20.9 Å². The molecule has 6 N–H and O–H groups in total. The van der Waals surface area contributed by atoms with Gasteiger partial charge in [-0.15, -0.1) is 0 Å². The van der Waals surface area contributed by atoms with Crippen LogP contribution in [0.3, 0.4) is 0 Å². The van der Waals surface area contributed by atoms with E-state index in [0.717, 1.165) is 81.9 Å². The van der Waals surface area contributed by atoms with Crippen LogP contribution in [0.15, 0.2) is 54.6 Å². The van der Waals surface area contributed by atoms with Gasteiger partial charge in [0.05, 0.1) is 30.4 Å². The lowest BCUT2D eigenvalue weighted by Gasteiger charge is -2.56. The molecule has 0 aromatic heterocycles. The van der Waals surface area contributed by atoms with Gasteiger partial charge in [-0.25, -0.2) is 0 Å². The molecule has 2 aromatic rings. The highest BCUT2D eigenvalue weighted by Crippen LogP contribution is 2.51. The van der Waals surface area contributed by atoms with E-state index in [0.29, 0.717) is 49.5 Å². The summed E-state index contributed by atoms with van der Waals surface area (Å²) >= 11 is 0. The van der Waals surface area contributed by atoms with Crippen LogP contribution in [0.2, 0.25) is 0 Å². The highest BCUT2D eigenvalue weighted by atomic mass is 16.3. The maximum Gasteiger partial charge on any atom is 0.255 e. The maximum atomic E-state index is 13.8. The number of amides is 4. The minimum Gasteiger partial charge on any atom is -0.389 e. The van der Waals surface area contributed by atoms with Crippen molar-refractivity contribution in [2.24, 2.45) is 11.3 Å². The molecular formula is C48H65N11O5. The Hall–Kier alpha value is -4.58. The van der Waals surface area contributed by atoms with Crippen molar-refractivity contribution in [1.29, 1.82) is 0 Å². The zero-order chi connectivity index (χ0) is 43.7. The van der Waals surface area contributed by atoms with Crippen molar-refractivity contribution < 1.29 is 24.3 Å². The van der Waals surface area contributed by atoms with E-state index in [4.69, 9.17) is 0 Å². The summed E-state index contributed by atoms with van der Waals surface area (Å²) in [5, 5.41) is 32.6. The molecule has 7 fully saturated rings. The Balaban J connectivity index is 0.644. The highest BCUT2D eigenvalue weighted by molar-refractivity contribution is 6.05. The molecule has 0 radical (unpaired) electrons. The molecular weight excluding hydrogens is 811 g/mol. The fourth-order valence-electron chi connectivity index (χ4n) is 12.6. The topological polar surface area (TPSA) is 168 Å². The number of hydrazine groups is 1. The van der Waals surface area contributed by atoms with Gasteiger partial charge in [-0.05, 0) is 119 Å². The van der Waals surface area contributed by atoms with E-state index in [9.17, 15) is 24.3 Å². The van der Waals surface area contributed by atoms with Crippen molar-refractivity contribution in [1.82, 2.24) is 41.1 Å². The minimum atomic E-state index is -0.806. The zero-order valence-electron chi connectivity index (χ0n) is 37.1. The summed E-state index contributed by atoms with van der Waals surface area (Å²) in [5.74, 6) is -0.806. The van der Waals surface area contributed by atoms with Crippen molar-refractivity contribution >= 4 is 40.7 Å². The van der Waals surface area contributed by atoms with Gasteiger partial charge in [0, 0.05) is 93.5 Å². The van der Waals surface area contributed by atoms with Crippen LogP contribution < -0.4 is 36.4 Å². The zero-order valence-corrected chi connectivity index (χ0v) is 37.1. The molecule has 2 aromatic carbocycles. The number of piperidine rings is 3.